The molecule has 20 heavy (non-hydrogen) atoms. The lowest BCUT2D eigenvalue weighted by atomic mass is 10.1. The molecule has 0 aliphatic rings. The maximum absolute atomic E-state index is 11.9. The van der Waals surface area contributed by atoms with Gasteiger partial charge in [-0.05, 0) is 19.1 Å². The Morgan fingerprint density at radius 2 is 2.00 bits per heavy atom. The molecule has 0 atom stereocenters. The van der Waals surface area contributed by atoms with Crippen molar-refractivity contribution in [2.75, 3.05) is 0 Å². The van der Waals surface area contributed by atoms with Gasteiger partial charge < -0.3 is 4.98 Å². The Kier molecular flexibility index (Phi) is 3.28. The summed E-state index contributed by atoms with van der Waals surface area (Å²) in [5.74, 6) is 0.167. The Balaban J connectivity index is 2.43. The van der Waals surface area contributed by atoms with Gasteiger partial charge in [-0.15, -0.1) is 11.6 Å². The molecule has 0 aliphatic heterocycles. The Bertz CT molecular complexity index is 837. The molecule has 0 unspecified atom stereocenters. The average Bonchev–Trinajstić information content (AvgIpc) is 2.78. The zero-order chi connectivity index (χ0) is 14.3. The van der Waals surface area contributed by atoms with E-state index in [1.807, 2.05) is 37.3 Å². The van der Waals surface area contributed by atoms with E-state index in [9.17, 15) is 4.79 Å². The van der Waals surface area contributed by atoms with E-state index in [0.29, 0.717) is 11.2 Å². The van der Waals surface area contributed by atoms with Gasteiger partial charge in [-0.2, -0.15) is 5.10 Å². The van der Waals surface area contributed by atoms with Crippen molar-refractivity contribution in [2.45, 2.75) is 12.8 Å². The van der Waals surface area contributed by atoms with Crippen LogP contribution in [0.1, 0.15) is 11.3 Å². The van der Waals surface area contributed by atoms with Gasteiger partial charge in [0.2, 0.25) is 0 Å². The first-order valence-electron chi connectivity index (χ1n) is 6.05. The molecule has 0 amide bonds. The second kappa shape index (κ2) is 4.96. The second-order valence-electron chi connectivity index (χ2n) is 4.44. The molecule has 4 nitrogen and oxygen atoms in total. The van der Waals surface area contributed by atoms with E-state index < -0.39 is 0 Å². The lowest BCUT2D eigenvalue weighted by Gasteiger charge is -2.05. The molecule has 1 aromatic carbocycles. The first kappa shape index (κ1) is 13.2. The van der Waals surface area contributed by atoms with Crippen molar-refractivity contribution in [2.24, 2.45) is 0 Å². The molecule has 1 N–H and O–H groups in total. The topological polar surface area (TPSA) is 50.7 Å². The number of halogens is 2. The maximum Gasteiger partial charge on any atom is 0.268 e. The van der Waals surface area contributed by atoms with Gasteiger partial charge in [0.05, 0.1) is 11.4 Å². The summed E-state index contributed by atoms with van der Waals surface area (Å²) < 4.78 is 1.69. The summed E-state index contributed by atoms with van der Waals surface area (Å²) in [5, 5.41) is 5.41. The molecular formula is C14H11Cl2N3O. The average molecular weight is 308 g/mol. The predicted molar refractivity (Wildman–Crippen MR) is 81.0 cm³/mol. The number of hydrogen-bond acceptors (Lipinski definition) is 2. The fourth-order valence-corrected chi connectivity index (χ4v) is 2.84. The van der Waals surface area contributed by atoms with Gasteiger partial charge in [-0.25, -0.2) is 4.68 Å². The Hall–Kier alpha value is -1.78. The van der Waals surface area contributed by atoms with Crippen LogP contribution in [-0.4, -0.2) is 14.8 Å². The van der Waals surface area contributed by atoms with Gasteiger partial charge in [-0.1, -0.05) is 29.8 Å². The van der Waals surface area contributed by atoms with Crippen molar-refractivity contribution >= 4 is 34.2 Å². The summed E-state index contributed by atoms with van der Waals surface area (Å²) in [7, 11) is 0. The predicted octanol–water partition coefficient (Wildman–Crippen LogP) is 3.41. The number of para-hydroxylation sites is 1. The number of aryl methyl sites for hydroxylation is 1. The molecule has 0 saturated heterocycles. The summed E-state index contributed by atoms with van der Waals surface area (Å²) in [6.45, 7) is 1.87. The number of fused-ring (bicyclic) bond motifs is 1. The molecular weight excluding hydrogens is 297 g/mol. The number of alkyl halides is 1. The molecule has 0 fully saturated rings. The molecule has 102 valence electrons. The number of benzene rings is 1. The van der Waals surface area contributed by atoms with Crippen molar-refractivity contribution in [3.8, 4) is 5.69 Å². The number of hydrogen-bond donors (Lipinski definition) is 1. The minimum atomic E-state index is -0.355. The van der Waals surface area contributed by atoms with Gasteiger partial charge in [0.25, 0.3) is 5.56 Å². The van der Waals surface area contributed by atoms with E-state index in [-0.39, 0.29) is 16.5 Å². The molecule has 3 rings (SSSR count). The van der Waals surface area contributed by atoms with Crippen molar-refractivity contribution in [3.05, 3.63) is 57.0 Å². The zero-order valence-electron chi connectivity index (χ0n) is 10.7. The number of nitrogens with one attached hydrogen (secondary N) is 1. The molecule has 3 aromatic rings. The maximum atomic E-state index is 11.9. The molecule has 0 aliphatic carbocycles. The summed E-state index contributed by atoms with van der Waals surface area (Å²) in [5.41, 5.74) is 2.51. The van der Waals surface area contributed by atoms with E-state index >= 15 is 0 Å². The summed E-state index contributed by atoms with van der Waals surface area (Å²) in [6.07, 6.45) is 0. The van der Waals surface area contributed by atoms with Crippen LogP contribution in [-0.2, 0) is 5.88 Å². The largest absolute Gasteiger partial charge is 0.305 e. The van der Waals surface area contributed by atoms with Crippen LogP contribution in [0.25, 0.3) is 16.7 Å². The highest BCUT2D eigenvalue weighted by molar-refractivity contribution is 6.33. The Labute approximate surface area is 124 Å². The lowest BCUT2D eigenvalue weighted by Crippen LogP contribution is -2.11. The number of rotatable bonds is 2. The van der Waals surface area contributed by atoms with Crippen LogP contribution in [0, 0.1) is 6.92 Å². The highest BCUT2D eigenvalue weighted by Gasteiger charge is 2.17. The van der Waals surface area contributed by atoms with Crippen molar-refractivity contribution < 1.29 is 0 Å². The van der Waals surface area contributed by atoms with Gasteiger partial charge in [-0.3, -0.25) is 4.79 Å². The molecule has 0 saturated carbocycles. The van der Waals surface area contributed by atoms with Gasteiger partial charge >= 0.3 is 0 Å². The van der Waals surface area contributed by atoms with E-state index in [1.165, 1.54) is 0 Å². The fraction of sp³-hybridized carbons (Fsp3) is 0.143. The first-order chi connectivity index (χ1) is 9.63. The van der Waals surface area contributed by atoms with Crippen LogP contribution >= 0.6 is 23.2 Å². The number of pyridine rings is 1. The third kappa shape index (κ3) is 1.92. The Morgan fingerprint density at radius 1 is 1.30 bits per heavy atom. The van der Waals surface area contributed by atoms with Crippen molar-refractivity contribution in [1.82, 2.24) is 14.8 Å². The fourth-order valence-electron chi connectivity index (χ4n) is 2.29. The van der Waals surface area contributed by atoms with Gasteiger partial charge in [0.15, 0.2) is 0 Å². The zero-order valence-corrected chi connectivity index (χ0v) is 12.2. The standard InChI is InChI=1S/C14H11Cl2N3O/c1-8-11-10(7-15)12(16)14(20)17-13(11)19(18-8)9-5-3-2-4-6-9/h2-6H,7H2,1H3,(H,17,20). The normalized spacial score (nSPS) is 11.2. The number of nitrogens with zero attached hydrogens (tertiary/aromatic N) is 2. The van der Waals surface area contributed by atoms with Crippen molar-refractivity contribution in [1.29, 1.82) is 0 Å². The minimum absolute atomic E-state index is 0.128. The van der Waals surface area contributed by atoms with E-state index in [2.05, 4.69) is 10.1 Å². The molecule has 2 aromatic heterocycles. The third-order valence-corrected chi connectivity index (χ3v) is 3.86. The van der Waals surface area contributed by atoms with Crippen LogP contribution in [0.4, 0.5) is 0 Å². The first-order valence-corrected chi connectivity index (χ1v) is 6.96. The Morgan fingerprint density at radius 3 is 2.65 bits per heavy atom. The summed E-state index contributed by atoms with van der Waals surface area (Å²) in [4.78, 5) is 14.7. The van der Waals surface area contributed by atoms with Crippen molar-refractivity contribution in [3.63, 3.8) is 0 Å². The third-order valence-electron chi connectivity index (χ3n) is 3.19. The van der Waals surface area contributed by atoms with E-state index in [0.717, 1.165) is 16.8 Å². The molecule has 0 radical (unpaired) electrons. The van der Waals surface area contributed by atoms with Gasteiger partial charge in [0, 0.05) is 16.8 Å². The summed E-state index contributed by atoms with van der Waals surface area (Å²) in [6, 6.07) is 9.58. The minimum Gasteiger partial charge on any atom is -0.305 e. The van der Waals surface area contributed by atoms with Gasteiger partial charge in [0.1, 0.15) is 10.7 Å². The monoisotopic (exact) mass is 307 g/mol. The summed E-state index contributed by atoms with van der Waals surface area (Å²) >= 11 is 12.0. The van der Waals surface area contributed by atoms with Crippen LogP contribution < -0.4 is 5.56 Å². The second-order valence-corrected chi connectivity index (χ2v) is 5.08. The number of H-pyrrole nitrogens is 1. The highest BCUT2D eigenvalue weighted by Crippen LogP contribution is 2.27. The van der Waals surface area contributed by atoms with E-state index in [1.54, 1.807) is 4.68 Å². The molecule has 2 heterocycles. The molecule has 0 bridgehead atoms. The number of aromatic nitrogens is 3. The SMILES string of the molecule is Cc1nn(-c2ccccc2)c2[nH]c(=O)c(Cl)c(CCl)c12. The lowest BCUT2D eigenvalue weighted by molar-refractivity contribution is 0.876. The molecule has 0 spiro atoms. The van der Waals surface area contributed by atoms with E-state index in [4.69, 9.17) is 23.2 Å². The molecule has 6 heteroatoms. The highest BCUT2D eigenvalue weighted by atomic mass is 35.5. The smallest absolute Gasteiger partial charge is 0.268 e. The van der Waals surface area contributed by atoms with Crippen LogP contribution in [0.3, 0.4) is 0 Å². The quantitative estimate of drug-likeness (QED) is 0.738. The van der Waals surface area contributed by atoms with Crippen LogP contribution in [0.15, 0.2) is 35.1 Å². The number of aromatic amines is 1. The van der Waals surface area contributed by atoms with Crippen LogP contribution in [0.2, 0.25) is 5.02 Å². The van der Waals surface area contributed by atoms with Crippen LogP contribution in [0.5, 0.6) is 0 Å².